The molecule has 2 rings (SSSR count). The van der Waals surface area contributed by atoms with Crippen molar-refractivity contribution in [2.75, 3.05) is 29.1 Å². The zero-order valence-electron chi connectivity index (χ0n) is 10.8. The minimum absolute atomic E-state index is 0.576. The van der Waals surface area contributed by atoms with Crippen LogP contribution in [-0.4, -0.2) is 35.1 Å². The first-order valence-corrected chi connectivity index (χ1v) is 7.34. The van der Waals surface area contributed by atoms with Crippen LogP contribution in [0.2, 0.25) is 0 Å². The van der Waals surface area contributed by atoms with E-state index in [-0.39, 0.29) is 0 Å². The van der Waals surface area contributed by atoms with Crippen molar-refractivity contribution < 1.29 is 0 Å². The van der Waals surface area contributed by atoms with Crippen molar-refractivity contribution in [1.82, 2.24) is 4.98 Å². The van der Waals surface area contributed by atoms with Gasteiger partial charge in [-0.15, -0.1) is 0 Å². The Bertz CT molecular complexity index is 369. The molecule has 1 fully saturated rings. The van der Waals surface area contributed by atoms with Crippen molar-refractivity contribution in [1.29, 1.82) is 0 Å². The predicted molar refractivity (Wildman–Crippen MR) is 77.1 cm³/mol. The lowest BCUT2D eigenvalue weighted by atomic mass is 10.2. The molecule has 2 heterocycles. The number of rotatable bonds is 3. The Morgan fingerprint density at radius 1 is 1.47 bits per heavy atom. The summed E-state index contributed by atoms with van der Waals surface area (Å²) < 4.78 is 0. The van der Waals surface area contributed by atoms with Crippen LogP contribution in [0.1, 0.15) is 20.8 Å². The lowest BCUT2D eigenvalue weighted by molar-refractivity contribution is 0.626. The van der Waals surface area contributed by atoms with Gasteiger partial charge < -0.3 is 10.2 Å². The van der Waals surface area contributed by atoms with Gasteiger partial charge in [0.15, 0.2) is 0 Å². The molecule has 17 heavy (non-hydrogen) atoms. The summed E-state index contributed by atoms with van der Waals surface area (Å²) in [5.74, 6) is 1.21. The molecule has 0 saturated carbocycles. The van der Waals surface area contributed by atoms with Crippen LogP contribution in [0.15, 0.2) is 18.5 Å². The van der Waals surface area contributed by atoms with Gasteiger partial charge in [-0.2, -0.15) is 11.8 Å². The van der Waals surface area contributed by atoms with Crippen molar-refractivity contribution in [3.8, 4) is 0 Å². The van der Waals surface area contributed by atoms with Crippen LogP contribution >= 0.6 is 11.8 Å². The van der Waals surface area contributed by atoms with E-state index in [9.17, 15) is 0 Å². The van der Waals surface area contributed by atoms with Crippen LogP contribution < -0.4 is 10.2 Å². The molecular weight excluding hydrogens is 230 g/mol. The molecule has 0 spiro atoms. The van der Waals surface area contributed by atoms with E-state index < -0.39 is 0 Å². The van der Waals surface area contributed by atoms with Gasteiger partial charge >= 0.3 is 0 Å². The Morgan fingerprint density at radius 2 is 2.29 bits per heavy atom. The van der Waals surface area contributed by atoms with Crippen molar-refractivity contribution in [2.24, 2.45) is 0 Å². The molecule has 3 nitrogen and oxygen atoms in total. The summed E-state index contributed by atoms with van der Waals surface area (Å²) in [5.41, 5.74) is 2.35. The molecule has 0 amide bonds. The fourth-order valence-electron chi connectivity index (χ4n) is 2.18. The lowest BCUT2D eigenvalue weighted by Gasteiger charge is -2.39. The van der Waals surface area contributed by atoms with Gasteiger partial charge in [-0.25, -0.2) is 0 Å². The van der Waals surface area contributed by atoms with Gasteiger partial charge in [-0.1, -0.05) is 6.92 Å². The molecule has 2 unspecified atom stereocenters. The number of nitrogens with zero attached hydrogens (tertiary/aromatic N) is 2. The smallest absolute Gasteiger partial charge is 0.0576 e. The average molecular weight is 251 g/mol. The van der Waals surface area contributed by atoms with Gasteiger partial charge in [0.05, 0.1) is 23.8 Å². The van der Waals surface area contributed by atoms with E-state index in [2.05, 4.69) is 53.8 Å². The summed E-state index contributed by atoms with van der Waals surface area (Å²) in [6.45, 7) is 8.77. The molecule has 0 bridgehead atoms. The van der Waals surface area contributed by atoms with Crippen LogP contribution in [0.4, 0.5) is 11.4 Å². The molecule has 1 saturated heterocycles. The second-order valence-corrected chi connectivity index (χ2v) is 5.96. The molecule has 0 radical (unpaired) electrons. The molecule has 1 aromatic heterocycles. The highest BCUT2D eigenvalue weighted by Crippen LogP contribution is 2.29. The van der Waals surface area contributed by atoms with E-state index in [0.29, 0.717) is 11.3 Å². The zero-order valence-corrected chi connectivity index (χ0v) is 11.6. The second kappa shape index (κ2) is 5.63. The summed E-state index contributed by atoms with van der Waals surface area (Å²) in [6, 6.07) is 2.78. The molecule has 1 N–H and O–H groups in total. The fourth-order valence-corrected chi connectivity index (χ4v) is 3.28. The minimum atomic E-state index is 0.576. The molecule has 0 aliphatic carbocycles. The third-order valence-electron chi connectivity index (χ3n) is 3.32. The van der Waals surface area contributed by atoms with E-state index in [4.69, 9.17) is 0 Å². The molecule has 2 atom stereocenters. The summed E-state index contributed by atoms with van der Waals surface area (Å²) in [7, 11) is 0. The van der Waals surface area contributed by atoms with Gasteiger partial charge in [0.2, 0.25) is 0 Å². The first kappa shape index (κ1) is 12.6. The maximum atomic E-state index is 4.33. The first-order chi connectivity index (χ1) is 8.22. The van der Waals surface area contributed by atoms with Crippen LogP contribution in [-0.2, 0) is 0 Å². The highest BCUT2D eigenvalue weighted by molar-refractivity contribution is 8.00. The third-order valence-corrected chi connectivity index (χ3v) is 4.66. The van der Waals surface area contributed by atoms with E-state index in [0.717, 1.165) is 18.8 Å². The standard InChI is InChI=1S/C13H21N3S/c1-4-15-12-7-13(9-14-8-12)16-5-6-17-11(3)10(16)2/h7-11,15H,4-6H2,1-3H3. The highest BCUT2D eigenvalue weighted by atomic mass is 32.2. The van der Waals surface area contributed by atoms with Crippen LogP contribution in [0.5, 0.6) is 0 Å². The second-order valence-electron chi connectivity index (χ2n) is 4.47. The van der Waals surface area contributed by atoms with Crippen molar-refractivity contribution in [3.63, 3.8) is 0 Å². The molecule has 4 heteroatoms. The van der Waals surface area contributed by atoms with E-state index in [1.54, 1.807) is 0 Å². The molecule has 1 aliphatic rings. The first-order valence-electron chi connectivity index (χ1n) is 6.29. The van der Waals surface area contributed by atoms with Crippen molar-refractivity contribution in [2.45, 2.75) is 32.1 Å². The van der Waals surface area contributed by atoms with Crippen molar-refractivity contribution >= 4 is 23.1 Å². The number of nitrogens with one attached hydrogen (secondary N) is 1. The number of hydrogen-bond acceptors (Lipinski definition) is 4. The SMILES string of the molecule is CCNc1cncc(N2CCSC(C)C2C)c1. The third kappa shape index (κ3) is 2.86. The lowest BCUT2D eigenvalue weighted by Crippen LogP contribution is -2.44. The maximum Gasteiger partial charge on any atom is 0.0576 e. The summed E-state index contributed by atoms with van der Waals surface area (Å²) in [5, 5.41) is 4.01. The Balaban J connectivity index is 2.17. The minimum Gasteiger partial charge on any atom is -0.384 e. The Hall–Kier alpha value is -0.900. The molecule has 0 aromatic carbocycles. The fraction of sp³-hybridized carbons (Fsp3) is 0.615. The molecular formula is C13H21N3S. The van der Waals surface area contributed by atoms with Crippen LogP contribution in [0.3, 0.4) is 0 Å². The van der Waals surface area contributed by atoms with Gasteiger partial charge in [0, 0.05) is 30.1 Å². The van der Waals surface area contributed by atoms with E-state index >= 15 is 0 Å². The zero-order chi connectivity index (χ0) is 12.3. The Morgan fingerprint density at radius 3 is 3.06 bits per heavy atom. The molecule has 1 aliphatic heterocycles. The normalized spacial score (nSPS) is 24.8. The van der Waals surface area contributed by atoms with Gasteiger partial charge in [0.25, 0.3) is 0 Å². The summed E-state index contributed by atoms with van der Waals surface area (Å²) >= 11 is 2.06. The highest BCUT2D eigenvalue weighted by Gasteiger charge is 2.25. The van der Waals surface area contributed by atoms with Gasteiger partial charge in [-0.05, 0) is 19.9 Å². The number of aromatic nitrogens is 1. The van der Waals surface area contributed by atoms with Gasteiger partial charge in [-0.3, -0.25) is 4.98 Å². The van der Waals surface area contributed by atoms with Crippen molar-refractivity contribution in [3.05, 3.63) is 18.5 Å². The quantitative estimate of drug-likeness (QED) is 0.894. The summed E-state index contributed by atoms with van der Waals surface area (Å²) in [4.78, 5) is 6.79. The number of anilines is 2. The van der Waals surface area contributed by atoms with E-state index in [1.165, 1.54) is 11.4 Å². The van der Waals surface area contributed by atoms with Crippen LogP contribution in [0, 0.1) is 0 Å². The maximum absolute atomic E-state index is 4.33. The molecule has 1 aromatic rings. The number of pyridine rings is 1. The Kier molecular flexibility index (Phi) is 4.15. The largest absolute Gasteiger partial charge is 0.384 e. The Labute approximate surface area is 108 Å². The molecule has 94 valence electrons. The summed E-state index contributed by atoms with van der Waals surface area (Å²) in [6.07, 6.45) is 3.86. The number of hydrogen-bond donors (Lipinski definition) is 1. The average Bonchev–Trinajstić information content (AvgIpc) is 2.33. The topological polar surface area (TPSA) is 28.2 Å². The van der Waals surface area contributed by atoms with Crippen LogP contribution in [0.25, 0.3) is 0 Å². The van der Waals surface area contributed by atoms with E-state index in [1.807, 2.05) is 12.4 Å². The number of thioether (sulfide) groups is 1. The monoisotopic (exact) mass is 251 g/mol. The predicted octanol–water partition coefficient (Wildman–Crippen LogP) is 2.84. The van der Waals surface area contributed by atoms with Gasteiger partial charge in [0.1, 0.15) is 0 Å².